The Hall–Kier alpha value is -1.85. The van der Waals surface area contributed by atoms with Gasteiger partial charge in [0.2, 0.25) is 0 Å². The fourth-order valence-electron chi connectivity index (χ4n) is 4.14. The second-order valence-electron chi connectivity index (χ2n) is 7.91. The van der Waals surface area contributed by atoms with E-state index in [0.29, 0.717) is 18.2 Å². The molecule has 1 saturated heterocycles. The molecule has 1 aliphatic heterocycles. The minimum absolute atomic E-state index is 0.0687. The number of H-pyrrole nitrogens is 1. The van der Waals surface area contributed by atoms with Crippen LogP contribution >= 0.6 is 0 Å². The Balaban J connectivity index is 1.63. The lowest BCUT2D eigenvalue weighted by atomic mass is 9.82. The van der Waals surface area contributed by atoms with Crippen LogP contribution in [0, 0.1) is 5.92 Å². The van der Waals surface area contributed by atoms with Crippen molar-refractivity contribution in [1.29, 1.82) is 0 Å². The first-order chi connectivity index (χ1) is 13.0. The lowest BCUT2D eigenvalue weighted by Crippen LogP contribution is -2.41. The molecule has 0 unspecified atom stereocenters. The van der Waals surface area contributed by atoms with Crippen LogP contribution in [0.3, 0.4) is 0 Å². The normalized spacial score (nSPS) is 16.2. The number of hydrogen-bond acceptors (Lipinski definition) is 3. The summed E-state index contributed by atoms with van der Waals surface area (Å²) in [5, 5.41) is 11.6. The molecule has 0 bridgehead atoms. The number of likely N-dealkylation sites (tertiary alicyclic amines) is 1. The van der Waals surface area contributed by atoms with E-state index in [9.17, 15) is 9.90 Å². The van der Waals surface area contributed by atoms with Gasteiger partial charge >= 0.3 is 0 Å². The molecule has 2 N–H and O–H groups in total. The summed E-state index contributed by atoms with van der Waals surface area (Å²) in [7, 11) is 1.68. The number of piperidine rings is 1. The molecule has 5 nitrogen and oxygen atoms in total. The quantitative estimate of drug-likeness (QED) is 0.769. The van der Waals surface area contributed by atoms with Crippen molar-refractivity contribution in [3.63, 3.8) is 0 Å². The highest BCUT2D eigenvalue weighted by atomic mass is 16.5. The lowest BCUT2D eigenvalue weighted by molar-refractivity contribution is -0.00131. The van der Waals surface area contributed by atoms with Gasteiger partial charge in [0.1, 0.15) is 5.69 Å². The van der Waals surface area contributed by atoms with Crippen molar-refractivity contribution in [1.82, 2.24) is 9.88 Å². The largest absolute Gasteiger partial charge is 0.390 e. The number of nitrogens with one attached hydrogen (secondary N) is 1. The average molecular weight is 373 g/mol. The van der Waals surface area contributed by atoms with Gasteiger partial charge in [0.15, 0.2) is 0 Å². The maximum Gasteiger partial charge on any atom is 0.270 e. The fraction of sp³-hybridized carbons (Fsp3) is 0.591. The third kappa shape index (κ3) is 4.53. The van der Waals surface area contributed by atoms with Crippen molar-refractivity contribution in [2.24, 2.45) is 5.92 Å². The zero-order valence-corrected chi connectivity index (χ0v) is 16.8. The van der Waals surface area contributed by atoms with E-state index in [-0.39, 0.29) is 5.91 Å². The van der Waals surface area contributed by atoms with Crippen LogP contribution in [0.25, 0.3) is 10.9 Å². The number of nitrogens with zero attached hydrogens (tertiary/aromatic N) is 1. The molecule has 0 aliphatic carbocycles. The Morgan fingerprint density at radius 3 is 2.59 bits per heavy atom. The molecule has 1 fully saturated rings. The number of carbonyl (C=O) groups excluding carboxylic acids is 1. The number of aromatic nitrogens is 1. The Morgan fingerprint density at radius 2 is 1.96 bits per heavy atom. The van der Waals surface area contributed by atoms with E-state index in [1.165, 1.54) is 0 Å². The minimum Gasteiger partial charge on any atom is -0.390 e. The summed E-state index contributed by atoms with van der Waals surface area (Å²) in [5.41, 5.74) is 2.18. The first kappa shape index (κ1) is 19.9. The number of aromatic amines is 1. The molecule has 0 radical (unpaired) electrons. The lowest BCUT2D eigenvalue weighted by Gasteiger charge is -2.36. The van der Waals surface area contributed by atoms with E-state index < -0.39 is 5.60 Å². The number of benzene rings is 1. The summed E-state index contributed by atoms with van der Waals surface area (Å²) in [6, 6.07) is 8.03. The molecule has 2 heterocycles. The molecule has 1 aromatic carbocycles. The van der Waals surface area contributed by atoms with Crippen molar-refractivity contribution in [2.45, 2.75) is 58.2 Å². The van der Waals surface area contributed by atoms with E-state index in [4.69, 9.17) is 4.74 Å². The number of methoxy groups -OCH3 is 1. The third-order valence-corrected chi connectivity index (χ3v) is 6.11. The monoisotopic (exact) mass is 372 g/mol. The second-order valence-corrected chi connectivity index (χ2v) is 7.91. The maximum atomic E-state index is 12.9. The van der Waals surface area contributed by atoms with Gasteiger partial charge in [-0.3, -0.25) is 4.79 Å². The molecule has 0 spiro atoms. The van der Waals surface area contributed by atoms with Crippen LogP contribution in [0.15, 0.2) is 24.3 Å². The average Bonchev–Trinajstić information content (AvgIpc) is 3.11. The van der Waals surface area contributed by atoms with Gasteiger partial charge in [0.25, 0.3) is 5.91 Å². The Bertz CT molecular complexity index is 771. The van der Waals surface area contributed by atoms with E-state index in [1.807, 2.05) is 23.1 Å². The fourth-order valence-corrected chi connectivity index (χ4v) is 4.14. The number of aliphatic hydroxyl groups is 1. The molecule has 0 atom stereocenters. The van der Waals surface area contributed by atoms with Crippen LogP contribution in [0.2, 0.25) is 0 Å². The smallest absolute Gasteiger partial charge is 0.270 e. The first-order valence-corrected chi connectivity index (χ1v) is 10.1. The molecular formula is C22H32N2O3. The summed E-state index contributed by atoms with van der Waals surface area (Å²) in [6.45, 7) is 6.20. The summed E-state index contributed by atoms with van der Waals surface area (Å²) in [5.74, 6) is 0.567. The first-order valence-electron chi connectivity index (χ1n) is 10.1. The molecule has 5 heteroatoms. The molecule has 1 aromatic heterocycles. The molecule has 2 aromatic rings. The van der Waals surface area contributed by atoms with Crippen LogP contribution in [-0.4, -0.2) is 46.7 Å². The maximum absolute atomic E-state index is 12.9. The minimum atomic E-state index is -0.548. The summed E-state index contributed by atoms with van der Waals surface area (Å²) in [6.07, 6.45) is 4.36. The van der Waals surface area contributed by atoms with Crippen molar-refractivity contribution in [3.05, 3.63) is 35.5 Å². The summed E-state index contributed by atoms with van der Waals surface area (Å²) >= 11 is 0. The van der Waals surface area contributed by atoms with Crippen LogP contribution in [0.1, 0.15) is 62.0 Å². The van der Waals surface area contributed by atoms with Crippen molar-refractivity contribution in [2.75, 3.05) is 20.2 Å². The number of hydrogen-bond donors (Lipinski definition) is 2. The van der Waals surface area contributed by atoms with E-state index in [2.05, 4.69) is 24.9 Å². The van der Waals surface area contributed by atoms with E-state index >= 15 is 0 Å². The highest BCUT2D eigenvalue weighted by Gasteiger charge is 2.31. The zero-order chi connectivity index (χ0) is 19.4. The van der Waals surface area contributed by atoms with Gasteiger partial charge in [-0.05, 0) is 61.8 Å². The van der Waals surface area contributed by atoms with Crippen molar-refractivity contribution < 1.29 is 14.6 Å². The number of carbonyl (C=O) groups is 1. The molecule has 0 saturated carbocycles. The van der Waals surface area contributed by atoms with E-state index in [1.54, 1.807) is 7.11 Å². The molecule has 3 rings (SSSR count). The predicted molar refractivity (Wildman–Crippen MR) is 108 cm³/mol. The van der Waals surface area contributed by atoms with Crippen molar-refractivity contribution >= 4 is 16.8 Å². The van der Waals surface area contributed by atoms with Gasteiger partial charge in [-0.2, -0.15) is 0 Å². The summed E-state index contributed by atoms with van der Waals surface area (Å²) in [4.78, 5) is 18.1. The van der Waals surface area contributed by atoms with Crippen LogP contribution < -0.4 is 0 Å². The third-order valence-electron chi connectivity index (χ3n) is 6.11. The molecule has 1 amide bonds. The molecule has 148 valence electrons. The Morgan fingerprint density at radius 1 is 1.26 bits per heavy atom. The van der Waals surface area contributed by atoms with Gasteiger partial charge < -0.3 is 19.7 Å². The Labute approximate surface area is 161 Å². The molecular weight excluding hydrogens is 340 g/mol. The topological polar surface area (TPSA) is 65.6 Å². The number of rotatable bonds is 7. The molecule has 27 heavy (non-hydrogen) atoms. The van der Waals surface area contributed by atoms with Crippen LogP contribution in [0.5, 0.6) is 0 Å². The van der Waals surface area contributed by atoms with Gasteiger partial charge in [-0.1, -0.05) is 19.9 Å². The summed E-state index contributed by atoms with van der Waals surface area (Å²) < 4.78 is 5.18. The predicted octanol–water partition coefficient (Wildman–Crippen LogP) is 4.11. The Kier molecular flexibility index (Phi) is 6.22. The molecule has 1 aliphatic rings. The second kappa shape index (κ2) is 8.44. The van der Waals surface area contributed by atoms with E-state index in [0.717, 1.165) is 61.7 Å². The SMILES string of the molecule is CCC(O)(CC)CC1CCN(C(=O)c2cc3cc(COC)ccc3[nH]2)CC1. The number of ether oxygens (including phenoxy) is 1. The van der Waals surface area contributed by atoms with Gasteiger partial charge in [-0.25, -0.2) is 0 Å². The number of fused-ring (bicyclic) bond motifs is 1. The zero-order valence-electron chi connectivity index (χ0n) is 16.8. The van der Waals surface area contributed by atoms with Gasteiger partial charge in [-0.15, -0.1) is 0 Å². The van der Waals surface area contributed by atoms with Crippen LogP contribution in [0.4, 0.5) is 0 Å². The van der Waals surface area contributed by atoms with Gasteiger partial charge in [0, 0.05) is 31.1 Å². The van der Waals surface area contributed by atoms with Crippen molar-refractivity contribution in [3.8, 4) is 0 Å². The standard InChI is InChI=1S/C22H32N2O3/c1-4-22(26,5-2)14-16-8-10-24(11-9-16)21(25)20-13-18-12-17(15-27-3)6-7-19(18)23-20/h6-7,12-13,16,23,26H,4-5,8-11,14-15H2,1-3H3. The van der Waals surface area contributed by atoms with Crippen LogP contribution in [-0.2, 0) is 11.3 Å². The number of amides is 1. The highest BCUT2D eigenvalue weighted by molar-refractivity contribution is 5.98. The highest BCUT2D eigenvalue weighted by Crippen LogP contribution is 2.31. The van der Waals surface area contributed by atoms with Gasteiger partial charge in [0.05, 0.1) is 12.2 Å².